The average molecular weight is 333 g/mol. The topological polar surface area (TPSA) is 117 Å². The van der Waals surface area contributed by atoms with Gasteiger partial charge in [0.1, 0.15) is 17.4 Å². The standard InChI is InChI=1S/C17H19NO6/c1-8-11-4-6-13(19)9(2)15(11)24-17(23)12(8)5-7-14(20)18-10(3)16(21)22/h4,6,10,19H,5,7H2,1-3H3,(H,18,20)(H,21,22). The van der Waals surface area contributed by atoms with Crippen LogP contribution in [0.15, 0.2) is 21.3 Å². The summed E-state index contributed by atoms with van der Waals surface area (Å²) < 4.78 is 5.30. The molecule has 7 nitrogen and oxygen atoms in total. The molecule has 0 fully saturated rings. The summed E-state index contributed by atoms with van der Waals surface area (Å²) >= 11 is 0. The maximum absolute atomic E-state index is 12.2. The molecule has 0 aliphatic rings. The number of carboxylic acids is 1. The quantitative estimate of drug-likeness (QED) is 0.716. The van der Waals surface area contributed by atoms with Gasteiger partial charge in [-0.05, 0) is 44.9 Å². The highest BCUT2D eigenvalue weighted by Crippen LogP contribution is 2.28. The van der Waals surface area contributed by atoms with Gasteiger partial charge in [0.25, 0.3) is 0 Å². The molecule has 0 radical (unpaired) electrons. The van der Waals surface area contributed by atoms with Gasteiger partial charge in [0.05, 0.1) is 0 Å². The second-order valence-corrected chi connectivity index (χ2v) is 5.71. The van der Waals surface area contributed by atoms with Crippen LogP contribution in [-0.4, -0.2) is 28.1 Å². The van der Waals surface area contributed by atoms with Crippen molar-refractivity contribution in [2.24, 2.45) is 0 Å². The van der Waals surface area contributed by atoms with E-state index in [1.807, 2.05) is 0 Å². The molecule has 2 rings (SSSR count). The number of carbonyl (C=O) groups is 2. The van der Waals surface area contributed by atoms with Gasteiger partial charge in [-0.15, -0.1) is 0 Å². The van der Waals surface area contributed by atoms with Crippen molar-refractivity contribution in [3.05, 3.63) is 39.2 Å². The van der Waals surface area contributed by atoms with E-state index in [9.17, 15) is 19.5 Å². The summed E-state index contributed by atoms with van der Waals surface area (Å²) in [6.45, 7) is 4.77. The molecule has 7 heteroatoms. The summed E-state index contributed by atoms with van der Waals surface area (Å²) in [4.78, 5) is 34.7. The number of rotatable bonds is 5. The highest BCUT2D eigenvalue weighted by atomic mass is 16.4. The minimum atomic E-state index is -1.12. The third-order valence-electron chi connectivity index (χ3n) is 4.03. The Morgan fingerprint density at radius 3 is 2.54 bits per heavy atom. The summed E-state index contributed by atoms with van der Waals surface area (Å²) in [6.07, 6.45) is 0.119. The maximum Gasteiger partial charge on any atom is 0.339 e. The molecule has 128 valence electrons. The molecule has 0 saturated heterocycles. The monoisotopic (exact) mass is 333 g/mol. The van der Waals surface area contributed by atoms with Gasteiger partial charge in [-0.2, -0.15) is 0 Å². The van der Waals surface area contributed by atoms with Gasteiger partial charge in [0.2, 0.25) is 5.91 Å². The number of benzene rings is 1. The Kier molecular flexibility index (Phi) is 4.92. The second kappa shape index (κ2) is 6.74. The van der Waals surface area contributed by atoms with Crippen LogP contribution < -0.4 is 10.9 Å². The number of phenols is 1. The Labute approximate surface area is 137 Å². The normalized spacial score (nSPS) is 12.1. The molecule has 2 aromatic rings. The molecule has 1 aromatic heterocycles. The highest BCUT2D eigenvalue weighted by Gasteiger charge is 2.17. The fourth-order valence-electron chi connectivity index (χ4n) is 2.48. The van der Waals surface area contributed by atoms with E-state index in [0.29, 0.717) is 27.7 Å². The van der Waals surface area contributed by atoms with E-state index in [1.54, 1.807) is 19.9 Å². The maximum atomic E-state index is 12.2. The Hall–Kier alpha value is -2.83. The molecule has 1 atom stereocenters. The van der Waals surface area contributed by atoms with Crippen molar-refractivity contribution >= 4 is 22.8 Å². The Bertz CT molecular complexity index is 867. The molecule has 0 spiro atoms. The van der Waals surface area contributed by atoms with E-state index in [-0.39, 0.29) is 18.6 Å². The van der Waals surface area contributed by atoms with E-state index in [1.165, 1.54) is 13.0 Å². The SMILES string of the molecule is Cc1c(CCC(=O)NC(C)C(=O)O)c(=O)oc2c(C)c(O)ccc12. The molecule has 0 bridgehead atoms. The van der Waals surface area contributed by atoms with Gasteiger partial charge in [-0.25, -0.2) is 4.79 Å². The molecule has 0 saturated carbocycles. The number of carbonyl (C=O) groups excluding carboxylic acids is 1. The average Bonchev–Trinajstić information content (AvgIpc) is 2.51. The summed E-state index contributed by atoms with van der Waals surface area (Å²) in [5, 5.41) is 21.5. The molecule has 1 aromatic carbocycles. The van der Waals surface area contributed by atoms with Gasteiger partial charge in [0.15, 0.2) is 0 Å². The molecule has 1 heterocycles. The summed E-state index contributed by atoms with van der Waals surface area (Å²) in [5.41, 5.74) is 1.29. The second-order valence-electron chi connectivity index (χ2n) is 5.71. The first-order valence-corrected chi connectivity index (χ1v) is 7.49. The minimum Gasteiger partial charge on any atom is -0.508 e. The third kappa shape index (κ3) is 3.40. The van der Waals surface area contributed by atoms with Crippen LogP contribution in [0.4, 0.5) is 0 Å². The van der Waals surface area contributed by atoms with E-state index < -0.39 is 23.5 Å². The zero-order valence-electron chi connectivity index (χ0n) is 13.7. The van der Waals surface area contributed by atoms with Crippen molar-refractivity contribution < 1.29 is 24.2 Å². The van der Waals surface area contributed by atoms with Gasteiger partial charge in [-0.3, -0.25) is 9.59 Å². The van der Waals surface area contributed by atoms with Crippen molar-refractivity contribution in [2.45, 2.75) is 39.7 Å². The molecule has 0 aliphatic carbocycles. The first-order valence-electron chi connectivity index (χ1n) is 7.49. The number of aryl methyl sites for hydroxylation is 2. The van der Waals surface area contributed by atoms with E-state index in [2.05, 4.69) is 5.32 Å². The van der Waals surface area contributed by atoms with Crippen LogP contribution in [0.3, 0.4) is 0 Å². The van der Waals surface area contributed by atoms with Crippen molar-refractivity contribution in [2.75, 3.05) is 0 Å². The van der Waals surface area contributed by atoms with Crippen LogP contribution in [0.5, 0.6) is 5.75 Å². The number of hydrogen-bond donors (Lipinski definition) is 3. The predicted octanol–water partition coefficient (Wildman–Crippen LogP) is 1.64. The summed E-state index contributed by atoms with van der Waals surface area (Å²) in [5.74, 6) is -1.54. The van der Waals surface area contributed by atoms with E-state index in [4.69, 9.17) is 9.52 Å². The van der Waals surface area contributed by atoms with Crippen LogP contribution in [0.1, 0.15) is 30.0 Å². The smallest absolute Gasteiger partial charge is 0.339 e. The van der Waals surface area contributed by atoms with E-state index >= 15 is 0 Å². The molecule has 24 heavy (non-hydrogen) atoms. The van der Waals surface area contributed by atoms with Gasteiger partial charge < -0.3 is 19.9 Å². The lowest BCUT2D eigenvalue weighted by Crippen LogP contribution is -2.38. The number of fused-ring (bicyclic) bond motifs is 1. The number of nitrogens with one attached hydrogen (secondary N) is 1. The zero-order chi connectivity index (χ0) is 18.0. The third-order valence-corrected chi connectivity index (χ3v) is 4.03. The fraction of sp³-hybridized carbons (Fsp3) is 0.353. The van der Waals surface area contributed by atoms with Gasteiger partial charge >= 0.3 is 11.6 Å². The van der Waals surface area contributed by atoms with Crippen LogP contribution in [0.2, 0.25) is 0 Å². The Morgan fingerprint density at radius 1 is 1.25 bits per heavy atom. The lowest BCUT2D eigenvalue weighted by atomic mass is 10.0. The first kappa shape index (κ1) is 17.5. The summed E-state index contributed by atoms with van der Waals surface area (Å²) in [6, 6.07) is 2.19. The lowest BCUT2D eigenvalue weighted by molar-refractivity contribution is -0.141. The van der Waals surface area contributed by atoms with Crippen LogP contribution in [0.25, 0.3) is 11.0 Å². The van der Waals surface area contributed by atoms with Crippen molar-refractivity contribution in [3.8, 4) is 5.75 Å². The predicted molar refractivity (Wildman–Crippen MR) is 87.2 cm³/mol. The molecule has 3 N–H and O–H groups in total. The van der Waals surface area contributed by atoms with Crippen molar-refractivity contribution in [1.82, 2.24) is 5.32 Å². The van der Waals surface area contributed by atoms with Crippen LogP contribution in [-0.2, 0) is 16.0 Å². The molecule has 1 unspecified atom stereocenters. The van der Waals surface area contributed by atoms with Gasteiger partial charge in [0, 0.05) is 22.9 Å². The van der Waals surface area contributed by atoms with Crippen molar-refractivity contribution in [3.63, 3.8) is 0 Å². The lowest BCUT2D eigenvalue weighted by Gasteiger charge is -2.11. The van der Waals surface area contributed by atoms with Crippen molar-refractivity contribution in [1.29, 1.82) is 0 Å². The Balaban J connectivity index is 2.27. The number of amides is 1. The number of aliphatic carboxylic acids is 1. The molecular formula is C17H19NO6. The number of aromatic hydroxyl groups is 1. The van der Waals surface area contributed by atoms with Crippen LogP contribution in [0, 0.1) is 13.8 Å². The molecule has 1 amide bonds. The first-order chi connectivity index (χ1) is 11.2. The van der Waals surface area contributed by atoms with E-state index in [0.717, 1.165) is 0 Å². The number of carboxylic acid groups (broad SMARTS) is 1. The Morgan fingerprint density at radius 2 is 1.92 bits per heavy atom. The van der Waals surface area contributed by atoms with Crippen LogP contribution >= 0.6 is 0 Å². The number of phenolic OH excluding ortho intramolecular Hbond substituents is 1. The fourth-order valence-corrected chi connectivity index (χ4v) is 2.48. The molecule has 0 aliphatic heterocycles. The van der Waals surface area contributed by atoms with Gasteiger partial charge in [-0.1, -0.05) is 0 Å². The molecular weight excluding hydrogens is 314 g/mol. The summed E-state index contributed by atoms with van der Waals surface area (Å²) in [7, 11) is 0. The number of hydrogen-bond acceptors (Lipinski definition) is 5. The zero-order valence-corrected chi connectivity index (χ0v) is 13.7. The largest absolute Gasteiger partial charge is 0.508 e. The minimum absolute atomic E-state index is 0.0220. The highest BCUT2D eigenvalue weighted by molar-refractivity contribution is 5.86.